The van der Waals surface area contributed by atoms with Crippen LogP contribution in [0.1, 0.15) is 53.1 Å². The van der Waals surface area contributed by atoms with Gasteiger partial charge in [-0.2, -0.15) is 0 Å². The number of pyridine rings is 1. The lowest BCUT2D eigenvalue weighted by molar-refractivity contribution is 0.0471. The van der Waals surface area contributed by atoms with E-state index < -0.39 is 64.3 Å². The van der Waals surface area contributed by atoms with Gasteiger partial charge in [0.25, 0.3) is 5.91 Å². The maximum atomic E-state index is 14.0. The van der Waals surface area contributed by atoms with Crippen molar-refractivity contribution in [2.24, 2.45) is 5.92 Å². The second-order valence-electron chi connectivity index (χ2n) is 9.45. The molecule has 0 spiro atoms. The lowest BCUT2D eigenvalue weighted by Gasteiger charge is -2.46. The van der Waals surface area contributed by atoms with E-state index in [1.165, 1.54) is 10.9 Å². The van der Waals surface area contributed by atoms with Gasteiger partial charge < -0.3 is 14.7 Å². The minimum atomic E-state index is -1.13. The highest BCUT2D eigenvalue weighted by atomic mass is 19.1. The fourth-order valence-corrected chi connectivity index (χ4v) is 5.44. The van der Waals surface area contributed by atoms with Crippen LogP contribution in [0.15, 0.2) is 23.1 Å². The molecule has 0 saturated carbocycles. The second-order valence-corrected chi connectivity index (χ2v) is 9.45. The molecule has 3 aliphatic heterocycles. The number of halogens is 3. The first-order valence-corrected chi connectivity index (χ1v) is 11.4. The number of rotatable bonds is 5. The number of hydrogen-bond acceptors (Lipinski definition) is 6. The van der Waals surface area contributed by atoms with Gasteiger partial charge in [-0.15, -0.1) is 0 Å². The zero-order valence-corrected chi connectivity index (χ0v) is 19.1. The molecule has 186 valence electrons. The van der Waals surface area contributed by atoms with Crippen molar-refractivity contribution in [3.8, 4) is 5.75 Å². The summed E-state index contributed by atoms with van der Waals surface area (Å²) < 4.78 is 48.1. The Morgan fingerprint density at radius 3 is 2.51 bits per heavy atom. The van der Waals surface area contributed by atoms with E-state index in [2.05, 4.69) is 0 Å². The van der Waals surface area contributed by atoms with Gasteiger partial charge in [-0.05, 0) is 26.7 Å². The molecule has 1 N–H and O–H groups in total. The second kappa shape index (κ2) is 8.40. The Labute approximate surface area is 198 Å². The summed E-state index contributed by atoms with van der Waals surface area (Å²) in [6, 6.07) is 0.699. The molecule has 0 bridgehead atoms. The van der Waals surface area contributed by atoms with E-state index >= 15 is 0 Å². The van der Waals surface area contributed by atoms with Crippen LogP contribution in [0.2, 0.25) is 0 Å². The molecule has 1 aromatic carbocycles. The van der Waals surface area contributed by atoms with E-state index in [1.54, 1.807) is 4.90 Å². The Morgan fingerprint density at radius 1 is 1.17 bits per heavy atom. The van der Waals surface area contributed by atoms with Crippen LogP contribution in [0.4, 0.5) is 13.2 Å². The zero-order chi connectivity index (χ0) is 25.2. The summed E-state index contributed by atoms with van der Waals surface area (Å²) in [7, 11) is 0. The molecule has 8 nitrogen and oxygen atoms in total. The molecule has 35 heavy (non-hydrogen) atoms. The fraction of sp³-hybridized carbons (Fsp3) is 0.458. The summed E-state index contributed by atoms with van der Waals surface area (Å²) >= 11 is 0. The number of nitrogens with zero attached hydrogens (tertiary/aromatic N) is 3. The Bertz CT molecular complexity index is 1270. The van der Waals surface area contributed by atoms with Gasteiger partial charge in [0.05, 0.1) is 24.8 Å². The number of amides is 1. The monoisotopic (exact) mass is 491 g/mol. The lowest BCUT2D eigenvalue weighted by Crippen LogP contribution is -2.63. The zero-order valence-electron chi connectivity index (χ0n) is 19.1. The van der Waals surface area contributed by atoms with Gasteiger partial charge in [-0.1, -0.05) is 0 Å². The minimum Gasteiger partial charge on any atom is -0.502 e. The molecule has 4 heterocycles. The van der Waals surface area contributed by atoms with Crippen molar-refractivity contribution in [1.29, 1.82) is 0 Å². The highest BCUT2D eigenvalue weighted by Crippen LogP contribution is 2.40. The van der Waals surface area contributed by atoms with Gasteiger partial charge in [0.2, 0.25) is 5.43 Å². The van der Waals surface area contributed by atoms with E-state index in [0.29, 0.717) is 31.8 Å². The highest BCUT2D eigenvalue weighted by molar-refractivity contribution is 6.00. The molecule has 2 saturated heterocycles. The van der Waals surface area contributed by atoms with Crippen LogP contribution < -0.4 is 10.4 Å². The number of hydrogen-bond donors (Lipinski definition) is 1. The molecule has 2 aromatic rings. The number of benzene rings is 1. The summed E-state index contributed by atoms with van der Waals surface area (Å²) in [5.74, 6) is -5.36. The van der Waals surface area contributed by atoms with Crippen molar-refractivity contribution in [1.82, 2.24) is 9.58 Å². The smallest absolute Gasteiger partial charge is 0.278 e. The number of carbonyl (C=O) groups excluding carboxylic acids is 2. The third-order valence-corrected chi connectivity index (χ3v) is 7.06. The highest BCUT2D eigenvalue weighted by Gasteiger charge is 2.53. The molecule has 1 amide bonds. The summed E-state index contributed by atoms with van der Waals surface area (Å²) in [6.45, 7) is 4.59. The quantitative estimate of drug-likeness (QED) is 0.646. The van der Waals surface area contributed by atoms with Gasteiger partial charge in [0.1, 0.15) is 23.6 Å². The molecular formula is C24H24F3N3O5. The van der Waals surface area contributed by atoms with Gasteiger partial charge in [-0.3, -0.25) is 24.1 Å². The third-order valence-electron chi connectivity index (χ3n) is 7.06. The van der Waals surface area contributed by atoms with Crippen molar-refractivity contribution in [3.05, 3.63) is 62.8 Å². The number of ketones is 1. The molecule has 3 atom stereocenters. The van der Waals surface area contributed by atoms with Crippen molar-refractivity contribution < 1.29 is 32.6 Å². The predicted molar refractivity (Wildman–Crippen MR) is 117 cm³/mol. The fourth-order valence-electron chi connectivity index (χ4n) is 5.44. The summed E-state index contributed by atoms with van der Waals surface area (Å²) in [5, 5.41) is 12.6. The van der Waals surface area contributed by atoms with Gasteiger partial charge in [0, 0.05) is 42.3 Å². The van der Waals surface area contributed by atoms with Crippen molar-refractivity contribution in [3.63, 3.8) is 0 Å². The average molecular weight is 491 g/mol. The van der Waals surface area contributed by atoms with E-state index in [0.717, 1.165) is 0 Å². The number of ether oxygens (including phenoxy) is 1. The summed E-state index contributed by atoms with van der Waals surface area (Å²) in [5.41, 5.74) is -2.15. The largest absolute Gasteiger partial charge is 0.502 e. The number of aromatic nitrogens is 1. The number of fused-ring (bicyclic) bond motifs is 5. The maximum Gasteiger partial charge on any atom is 0.278 e. The first-order chi connectivity index (χ1) is 16.6. The van der Waals surface area contributed by atoms with Crippen LogP contribution in [0.3, 0.4) is 0 Å². The molecule has 0 aliphatic carbocycles. The predicted octanol–water partition coefficient (Wildman–Crippen LogP) is 2.33. The standard InChI is InChI=1S/C24H24F3N3O5/c1-11(2)29-20-5-12-9-35-10-18(12)30(20)28-8-15(22(32)23(33)21(28)24(29)34)19(31)4-3-14-16(26)6-13(25)7-17(14)27/h6-8,11-12,18,20,33H,3-5,9-10H2,1-2H3/t12-,18+,20+/m1/s1. The topological polar surface area (TPSA) is 92.1 Å². The van der Waals surface area contributed by atoms with Crippen LogP contribution >= 0.6 is 0 Å². The van der Waals surface area contributed by atoms with E-state index in [1.807, 2.05) is 18.9 Å². The Balaban J connectivity index is 1.54. The van der Waals surface area contributed by atoms with Gasteiger partial charge in [-0.25, -0.2) is 13.2 Å². The SMILES string of the molecule is CC(C)N1C(=O)c2c(O)c(=O)c(C(=O)CCc3c(F)cc(F)cc3F)cn2N2[C@H]3COC[C@H]3C[C@@H]12. The molecule has 0 unspecified atom stereocenters. The van der Waals surface area contributed by atoms with Crippen molar-refractivity contribution >= 4 is 11.7 Å². The molecule has 3 aliphatic rings. The van der Waals surface area contributed by atoms with Crippen molar-refractivity contribution in [2.75, 3.05) is 18.2 Å². The Morgan fingerprint density at radius 2 is 1.86 bits per heavy atom. The summed E-state index contributed by atoms with van der Waals surface area (Å²) in [4.78, 5) is 40.8. The van der Waals surface area contributed by atoms with Crippen LogP contribution in [-0.4, -0.2) is 57.8 Å². The number of aromatic hydroxyl groups is 1. The average Bonchev–Trinajstić information content (AvgIpc) is 3.36. The number of Topliss-reactive ketones (excluding diaryl/α,β-unsaturated/α-hetero) is 1. The van der Waals surface area contributed by atoms with Crippen LogP contribution in [-0.2, 0) is 11.2 Å². The van der Waals surface area contributed by atoms with Crippen LogP contribution in [0.5, 0.6) is 5.75 Å². The Kier molecular flexibility index (Phi) is 5.62. The van der Waals surface area contributed by atoms with E-state index in [-0.39, 0.29) is 29.9 Å². The van der Waals surface area contributed by atoms with E-state index in [9.17, 15) is 32.7 Å². The first-order valence-electron chi connectivity index (χ1n) is 11.4. The molecule has 0 radical (unpaired) electrons. The molecule has 5 rings (SSSR count). The lowest BCUT2D eigenvalue weighted by atomic mass is 10.0. The minimum absolute atomic E-state index is 0.125. The van der Waals surface area contributed by atoms with Crippen molar-refractivity contribution in [2.45, 2.75) is 51.4 Å². The van der Waals surface area contributed by atoms with Crippen LogP contribution in [0, 0.1) is 23.4 Å². The molecule has 2 fully saturated rings. The number of carbonyl (C=O) groups is 2. The molecule has 1 aromatic heterocycles. The van der Waals surface area contributed by atoms with Gasteiger partial charge in [0.15, 0.2) is 17.2 Å². The normalized spacial score (nSPS) is 23.0. The Hall–Kier alpha value is -3.34. The summed E-state index contributed by atoms with van der Waals surface area (Å²) in [6.07, 6.45) is 0.636. The van der Waals surface area contributed by atoms with Crippen LogP contribution in [0.25, 0.3) is 0 Å². The molecule has 11 heteroatoms. The first kappa shape index (κ1) is 23.4. The van der Waals surface area contributed by atoms with Gasteiger partial charge >= 0.3 is 0 Å². The maximum absolute atomic E-state index is 14.0. The third kappa shape index (κ3) is 3.60. The van der Waals surface area contributed by atoms with E-state index in [4.69, 9.17) is 4.74 Å². The molecular weight excluding hydrogens is 467 g/mol.